The molecule has 0 spiro atoms. The Balaban J connectivity index is 2.65. The molecule has 4 atom stereocenters. The van der Waals surface area contributed by atoms with Gasteiger partial charge in [0.25, 0.3) is 0 Å². The van der Waals surface area contributed by atoms with Crippen LogP contribution in [0.25, 0.3) is 0 Å². The van der Waals surface area contributed by atoms with E-state index < -0.39 is 36.6 Å². The molecular formula is C9H14F3NO4. The van der Waals surface area contributed by atoms with Crippen molar-refractivity contribution in [1.29, 1.82) is 0 Å². The molecule has 1 aliphatic heterocycles. The van der Waals surface area contributed by atoms with Crippen molar-refractivity contribution in [2.45, 2.75) is 44.1 Å². The van der Waals surface area contributed by atoms with Crippen LogP contribution in [0.2, 0.25) is 0 Å². The summed E-state index contributed by atoms with van der Waals surface area (Å²) >= 11 is 0. The highest BCUT2D eigenvalue weighted by molar-refractivity contribution is 5.82. The Morgan fingerprint density at radius 2 is 2.12 bits per heavy atom. The van der Waals surface area contributed by atoms with Gasteiger partial charge < -0.3 is 19.9 Å². The van der Waals surface area contributed by atoms with Crippen molar-refractivity contribution in [2.75, 3.05) is 7.11 Å². The van der Waals surface area contributed by atoms with Crippen LogP contribution < -0.4 is 5.32 Å². The summed E-state index contributed by atoms with van der Waals surface area (Å²) in [6.45, 7) is 1.49. The molecule has 1 fully saturated rings. The zero-order chi connectivity index (χ0) is 13.2. The molecule has 2 N–H and O–H groups in total. The summed E-state index contributed by atoms with van der Waals surface area (Å²) in [7, 11) is 1.33. The summed E-state index contributed by atoms with van der Waals surface area (Å²) in [5, 5.41) is 11.3. The normalized spacial score (nSPS) is 34.5. The highest BCUT2D eigenvalue weighted by Gasteiger charge is 2.43. The van der Waals surface area contributed by atoms with Crippen LogP contribution in [-0.2, 0) is 14.3 Å². The van der Waals surface area contributed by atoms with Crippen LogP contribution in [0.15, 0.2) is 0 Å². The van der Waals surface area contributed by atoms with E-state index in [2.05, 4.69) is 0 Å². The number of nitrogens with one attached hydrogen (secondary N) is 1. The molecule has 100 valence electrons. The molecule has 1 amide bonds. The van der Waals surface area contributed by atoms with Crippen LogP contribution in [0, 0.1) is 0 Å². The van der Waals surface area contributed by atoms with Gasteiger partial charge in [0.1, 0.15) is 6.10 Å². The van der Waals surface area contributed by atoms with Crippen LogP contribution in [0.5, 0.6) is 0 Å². The Hall–Kier alpha value is -0.860. The number of alkyl halides is 3. The fourth-order valence-electron chi connectivity index (χ4n) is 1.60. The van der Waals surface area contributed by atoms with Crippen molar-refractivity contribution in [1.82, 2.24) is 5.32 Å². The standard InChI is InChI=1S/C9H14F3NO4/c1-4-7(14)5(3-6(16-2)17-4)13-8(15)9(10,11)12/h4-7,14H,3H2,1-2H3,(H,13,15)/t4-,5-,6?,7+/m1/s1. The smallest absolute Gasteiger partial charge is 0.388 e. The fraction of sp³-hybridized carbons (Fsp3) is 0.889. The maximum atomic E-state index is 12.1. The lowest BCUT2D eigenvalue weighted by molar-refractivity contribution is -0.218. The number of hydrogen-bond donors (Lipinski definition) is 2. The number of amides is 1. The van der Waals surface area contributed by atoms with Gasteiger partial charge >= 0.3 is 12.1 Å². The first-order valence-electron chi connectivity index (χ1n) is 4.99. The van der Waals surface area contributed by atoms with E-state index in [0.717, 1.165) is 0 Å². The topological polar surface area (TPSA) is 67.8 Å². The van der Waals surface area contributed by atoms with Crippen molar-refractivity contribution < 1.29 is 32.5 Å². The lowest BCUT2D eigenvalue weighted by atomic mass is 9.99. The van der Waals surface area contributed by atoms with Gasteiger partial charge in [-0.05, 0) is 6.92 Å². The summed E-state index contributed by atoms with van der Waals surface area (Å²) in [6, 6.07) is -1.04. The van der Waals surface area contributed by atoms with Gasteiger partial charge in [-0.2, -0.15) is 13.2 Å². The Labute approximate surface area is 95.9 Å². The van der Waals surface area contributed by atoms with Gasteiger partial charge in [0.2, 0.25) is 0 Å². The van der Waals surface area contributed by atoms with E-state index >= 15 is 0 Å². The number of carbonyl (C=O) groups is 1. The second-order valence-electron chi connectivity index (χ2n) is 3.81. The second kappa shape index (κ2) is 5.19. The largest absolute Gasteiger partial charge is 0.471 e. The monoisotopic (exact) mass is 257 g/mol. The average molecular weight is 257 g/mol. The number of ether oxygens (including phenoxy) is 2. The van der Waals surface area contributed by atoms with E-state index in [1.807, 2.05) is 0 Å². The summed E-state index contributed by atoms with van der Waals surface area (Å²) < 4.78 is 46.1. The fourth-order valence-corrected chi connectivity index (χ4v) is 1.60. The molecule has 5 nitrogen and oxygen atoms in total. The van der Waals surface area contributed by atoms with Crippen LogP contribution in [0.4, 0.5) is 13.2 Å². The Bertz CT molecular complexity index is 284. The van der Waals surface area contributed by atoms with Gasteiger partial charge in [-0.3, -0.25) is 4.79 Å². The number of rotatable bonds is 2. The molecule has 1 rings (SSSR count). The molecule has 1 saturated heterocycles. The van der Waals surface area contributed by atoms with E-state index in [0.29, 0.717) is 0 Å². The molecule has 0 aromatic heterocycles. The van der Waals surface area contributed by atoms with E-state index in [4.69, 9.17) is 9.47 Å². The number of halogens is 3. The predicted octanol–water partition coefficient (Wildman–Crippen LogP) is 0.176. The van der Waals surface area contributed by atoms with Crippen molar-refractivity contribution in [3.05, 3.63) is 0 Å². The summed E-state index contributed by atoms with van der Waals surface area (Å²) in [6.07, 6.45) is -7.67. The summed E-state index contributed by atoms with van der Waals surface area (Å²) in [5.41, 5.74) is 0. The van der Waals surface area contributed by atoms with Gasteiger partial charge in [0.05, 0.1) is 12.1 Å². The molecule has 1 heterocycles. The maximum absolute atomic E-state index is 12.1. The average Bonchev–Trinajstić information content (AvgIpc) is 2.22. The third kappa shape index (κ3) is 3.55. The van der Waals surface area contributed by atoms with Crippen molar-refractivity contribution in [3.8, 4) is 0 Å². The summed E-state index contributed by atoms with van der Waals surface area (Å²) in [5.74, 6) is -2.08. The lowest BCUT2D eigenvalue weighted by Gasteiger charge is -2.37. The van der Waals surface area contributed by atoms with Gasteiger partial charge in [-0.1, -0.05) is 0 Å². The molecule has 0 aromatic carbocycles. The molecule has 0 aromatic rings. The van der Waals surface area contributed by atoms with Gasteiger partial charge in [0, 0.05) is 13.5 Å². The molecule has 8 heteroatoms. The van der Waals surface area contributed by atoms with Crippen LogP contribution in [0.1, 0.15) is 13.3 Å². The first-order valence-corrected chi connectivity index (χ1v) is 4.99. The Morgan fingerprint density at radius 3 is 2.59 bits per heavy atom. The molecule has 1 aliphatic rings. The third-order valence-electron chi connectivity index (χ3n) is 2.54. The number of methoxy groups -OCH3 is 1. The number of aliphatic hydroxyl groups is 1. The first-order chi connectivity index (χ1) is 7.75. The molecule has 17 heavy (non-hydrogen) atoms. The minimum atomic E-state index is -4.97. The predicted molar refractivity (Wildman–Crippen MR) is 50.0 cm³/mol. The Kier molecular flexibility index (Phi) is 4.34. The molecule has 0 aliphatic carbocycles. The van der Waals surface area contributed by atoms with Crippen LogP contribution in [0.3, 0.4) is 0 Å². The van der Waals surface area contributed by atoms with Crippen molar-refractivity contribution in [2.24, 2.45) is 0 Å². The SMILES string of the molecule is COC1C[C@@H](NC(=O)C(F)(F)F)[C@@H](O)[C@@H](C)O1. The van der Waals surface area contributed by atoms with Gasteiger partial charge in [0.15, 0.2) is 6.29 Å². The van der Waals surface area contributed by atoms with Crippen LogP contribution >= 0.6 is 0 Å². The van der Waals surface area contributed by atoms with Gasteiger partial charge in [-0.25, -0.2) is 0 Å². The summed E-state index contributed by atoms with van der Waals surface area (Å²) in [4.78, 5) is 10.8. The zero-order valence-electron chi connectivity index (χ0n) is 9.32. The molecule has 0 saturated carbocycles. The van der Waals surface area contributed by atoms with E-state index in [1.54, 1.807) is 5.32 Å². The highest BCUT2D eigenvalue weighted by Crippen LogP contribution is 2.22. The van der Waals surface area contributed by atoms with Gasteiger partial charge in [-0.15, -0.1) is 0 Å². The van der Waals surface area contributed by atoms with E-state index in [-0.39, 0.29) is 6.42 Å². The highest BCUT2D eigenvalue weighted by atomic mass is 19.4. The van der Waals surface area contributed by atoms with Crippen molar-refractivity contribution in [3.63, 3.8) is 0 Å². The first kappa shape index (κ1) is 14.2. The zero-order valence-corrected chi connectivity index (χ0v) is 9.32. The number of aliphatic hydroxyl groups excluding tert-OH is 1. The lowest BCUT2D eigenvalue weighted by Crippen LogP contribution is -2.57. The minimum Gasteiger partial charge on any atom is -0.388 e. The minimum absolute atomic E-state index is 0.0379. The maximum Gasteiger partial charge on any atom is 0.471 e. The van der Waals surface area contributed by atoms with E-state index in [9.17, 15) is 23.1 Å². The number of hydrogen-bond acceptors (Lipinski definition) is 4. The molecular weight excluding hydrogens is 243 g/mol. The Morgan fingerprint density at radius 1 is 1.53 bits per heavy atom. The molecule has 0 bridgehead atoms. The molecule has 0 radical (unpaired) electrons. The quantitative estimate of drug-likeness (QED) is 0.740. The van der Waals surface area contributed by atoms with Crippen LogP contribution in [-0.4, -0.2) is 48.8 Å². The number of carbonyl (C=O) groups excluding carboxylic acids is 1. The second-order valence-corrected chi connectivity index (χ2v) is 3.81. The third-order valence-corrected chi connectivity index (χ3v) is 2.54. The molecule has 1 unspecified atom stereocenters. The van der Waals surface area contributed by atoms with Crippen molar-refractivity contribution >= 4 is 5.91 Å². The van der Waals surface area contributed by atoms with E-state index in [1.165, 1.54) is 14.0 Å².